The zero-order valence-corrected chi connectivity index (χ0v) is 22.5. The molecule has 0 atom stereocenters. The fourth-order valence-electron chi connectivity index (χ4n) is 5.58. The quantitative estimate of drug-likeness (QED) is 0.406. The zero-order valence-electron chi connectivity index (χ0n) is 21.7. The Bertz CT molecular complexity index is 1520. The van der Waals surface area contributed by atoms with Crippen LogP contribution in [0.2, 0.25) is 0 Å². The largest absolute Gasteiger partial charge is 0.368 e. The fraction of sp³-hybridized carbons (Fsp3) is 0.333. The third kappa shape index (κ3) is 5.25. The Morgan fingerprint density at radius 3 is 2.46 bits per heavy atom. The predicted octanol–water partition coefficient (Wildman–Crippen LogP) is 4.41. The number of piperidine rings is 1. The number of aromatic nitrogens is 2. The number of benzene rings is 2. The number of piperazine rings is 1. The highest BCUT2D eigenvalue weighted by Crippen LogP contribution is 2.31. The van der Waals surface area contributed by atoms with Crippen LogP contribution in [-0.2, 0) is 11.2 Å². The van der Waals surface area contributed by atoms with Crippen LogP contribution < -0.4 is 4.90 Å². The van der Waals surface area contributed by atoms with Crippen LogP contribution in [0.1, 0.15) is 45.4 Å². The van der Waals surface area contributed by atoms with Gasteiger partial charge in [-0.15, -0.1) is 11.3 Å². The van der Waals surface area contributed by atoms with Gasteiger partial charge in [-0.1, -0.05) is 18.2 Å². The molecule has 8 nitrogen and oxygen atoms in total. The zero-order chi connectivity index (χ0) is 26.8. The molecule has 2 aromatic heterocycles. The van der Waals surface area contributed by atoms with E-state index in [2.05, 4.69) is 22.0 Å². The smallest absolute Gasteiger partial charge is 0.273 e. The molecule has 0 radical (unpaired) electrons. The van der Waals surface area contributed by atoms with Gasteiger partial charge < -0.3 is 19.7 Å². The minimum atomic E-state index is -0.0108. The summed E-state index contributed by atoms with van der Waals surface area (Å²) in [4.78, 5) is 40.2. The molecule has 9 heteroatoms. The van der Waals surface area contributed by atoms with E-state index in [1.54, 1.807) is 11.3 Å². The molecule has 0 saturated carbocycles. The molecule has 0 spiro atoms. The van der Waals surface area contributed by atoms with Crippen LogP contribution in [0.3, 0.4) is 0 Å². The van der Waals surface area contributed by atoms with Gasteiger partial charge in [-0.3, -0.25) is 9.59 Å². The maximum atomic E-state index is 13.2. The molecule has 4 aromatic rings. The Kier molecular flexibility index (Phi) is 7.03. The molecule has 2 aliphatic heterocycles. The summed E-state index contributed by atoms with van der Waals surface area (Å²) < 4.78 is 0. The number of amides is 2. The average molecular weight is 539 g/mol. The lowest BCUT2D eigenvalue weighted by atomic mass is 9.97. The fourth-order valence-corrected chi connectivity index (χ4v) is 6.54. The number of rotatable bonds is 5. The molecule has 198 valence electrons. The first-order valence-electron chi connectivity index (χ1n) is 13.4. The third-order valence-corrected chi connectivity index (χ3v) is 8.89. The van der Waals surface area contributed by atoms with Crippen molar-refractivity contribution in [2.75, 3.05) is 44.2 Å². The van der Waals surface area contributed by atoms with E-state index < -0.39 is 0 Å². The molecule has 2 aliphatic rings. The average Bonchev–Trinajstić information content (AvgIpc) is 3.65. The number of nitrogens with one attached hydrogen (secondary N) is 1. The van der Waals surface area contributed by atoms with E-state index >= 15 is 0 Å². The third-order valence-electron chi connectivity index (χ3n) is 7.88. The number of nitriles is 1. The lowest BCUT2D eigenvalue weighted by Crippen LogP contribution is -2.48. The molecule has 2 fully saturated rings. The monoisotopic (exact) mass is 538 g/mol. The van der Waals surface area contributed by atoms with Crippen molar-refractivity contribution in [2.24, 2.45) is 0 Å². The topological polar surface area (TPSA) is 96.3 Å². The highest BCUT2D eigenvalue weighted by atomic mass is 32.1. The summed E-state index contributed by atoms with van der Waals surface area (Å²) in [5, 5.41) is 13.0. The van der Waals surface area contributed by atoms with Crippen LogP contribution >= 0.6 is 11.3 Å². The molecule has 0 bridgehead atoms. The number of H-pyrrole nitrogens is 1. The Balaban J connectivity index is 1.00. The first-order chi connectivity index (χ1) is 19.1. The Labute approximate surface area is 231 Å². The van der Waals surface area contributed by atoms with Crippen LogP contribution in [0.4, 0.5) is 5.69 Å². The molecule has 0 unspecified atom stereocenters. The van der Waals surface area contributed by atoms with E-state index in [4.69, 9.17) is 10.2 Å². The summed E-state index contributed by atoms with van der Waals surface area (Å²) in [7, 11) is 0. The number of hydrogen-bond acceptors (Lipinski definition) is 6. The predicted molar refractivity (Wildman–Crippen MR) is 152 cm³/mol. The van der Waals surface area contributed by atoms with Crippen molar-refractivity contribution in [3.05, 3.63) is 81.9 Å². The van der Waals surface area contributed by atoms with Crippen molar-refractivity contribution in [2.45, 2.75) is 25.2 Å². The minimum Gasteiger partial charge on any atom is -0.368 e. The molecule has 2 saturated heterocycles. The van der Waals surface area contributed by atoms with E-state index in [1.807, 2.05) is 63.8 Å². The molecule has 0 aliphatic carbocycles. The maximum absolute atomic E-state index is 13.2. The maximum Gasteiger partial charge on any atom is 0.273 e. The van der Waals surface area contributed by atoms with E-state index in [0.717, 1.165) is 53.1 Å². The number of carbonyl (C=O) groups excluding carboxylic acids is 2. The summed E-state index contributed by atoms with van der Waals surface area (Å²) in [6, 6.07) is 17.8. The molecular formula is C30H30N6O2S. The molecule has 4 heterocycles. The van der Waals surface area contributed by atoms with Crippen molar-refractivity contribution in [3.63, 3.8) is 0 Å². The second-order valence-electron chi connectivity index (χ2n) is 10.2. The van der Waals surface area contributed by atoms with Crippen molar-refractivity contribution < 1.29 is 9.59 Å². The molecule has 39 heavy (non-hydrogen) atoms. The SMILES string of the molecule is N#Cc1ccc(N2CCN(C(=O)c3csc(C4CCN(C(=O)Cc5c[nH]c6ccccc56)CC4)n3)CC2)cc1. The van der Waals surface area contributed by atoms with E-state index in [0.29, 0.717) is 43.9 Å². The number of para-hydroxylation sites is 1. The molecule has 2 aromatic carbocycles. The number of thiazole rings is 1. The van der Waals surface area contributed by atoms with Gasteiger partial charge in [0.15, 0.2) is 0 Å². The summed E-state index contributed by atoms with van der Waals surface area (Å²) in [6.45, 7) is 4.21. The normalized spacial score (nSPS) is 16.4. The summed E-state index contributed by atoms with van der Waals surface area (Å²) in [5.74, 6) is 0.429. The second-order valence-corrected chi connectivity index (χ2v) is 11.1. The number of hydrogen-bond donors (Lipinski definition) is 1. The highest BCUT2D eigenvalue weighted by molar-refractivity contribution is 7.09. The Morgan fingerprint density at radius 1 is 0.974 bits per heavy atom. The van der Waals surface area contributed by atoms with Crippen LogP contribution in [0.5, 0.6) is 0 Å². The van der Waals surface area contributed by atoms with E-state index in [1.165, 1.54) is 0 Å². The first kappa shape index (κ1) is 25.1. The van der Waals surface area contributed by atoms with Crippen LogP contribution in [0.15, 0.2) is 60.1 Å². The van der Waals surface area contributed by atoms with Gasteiger partial charge in [-0.05, 0) is 48.7 Å². The summed E-state index contributed by atoms with van der Waals surface area (Å²) >= 11 is 1.56. The van der Waals surface area contributed by atoms with Gasteiger partial charge in [0.2, 0.25) is 5.91 Å². The van der Waals surface area contributed by atoms with Gasteiger partial charge in [-0.25, -0.2) is 4.98 Å². The molecule has 6 rings (SSSR count). The lowest BCUT2D eigenvalue weighted by molar-refractivity contribution is -0.131. The molecule has 2 amide bonds. The van der Waals surface area contributed by atoms with Crippen molar-refractivity contribution in [3.8, 4) is 6.07 Å². The summed E-state index contributed by atoms with van der Waals surface area (Å²) in [6.07, 6.45) is 4.08. The van der Waals surface area contributed by atoms with Gasteiger partial charge in [0, 0.05) is 73.4 Å². The van der Waals surface area contributed by atoms with Gasteiger partial charge in [0.1, 0.15) is 5.69 Å². The van der Waals surface area contributed by atoms with Gasteiger partial charge in [-0.2, -0.15) is 5.26 Å². The highest BCUT2D eigenvalue weighted by Gasteiger charge is 2.28. The number of carbonyl (C=O) groups is 2. The van der Waals surface area contributed by atoms with Crippen molar-refractivity contribution in [1.82, 2.24) is 19.8 Å². The van der Waals surface area contributed by atoms with Crippen LogP contribution in [0, 0.1) is 11.3 Å². The lowest BCUT2D eigenvalue weighted by Gasteiger charge is -2.35. The molecular weight excluding hydrogens is 508 g/mol. The van der Waals surface area contributed by atoms with E-state index in [9.17, 15) is 9.59 Å². The number of likely N-dealkylation sites (tertiary alicyclic amines) is 1. The first-order valence-corrected chi connectivity index (χ1v) is 14.3. The van der Waals surface area contributed by atoms with Crippen molar-refractivity contribution in [1.29, 1.82) is 5.26 Å². The number of anilines is 1. The second kappa shape index (κ2) is 10.9. The van der Waals surface area contributed by atoms with Gasteiger partial charge in [0.05, 0.1) is 23.1 Å². The number of fused-ring (bicyclic) bond motifs is 1. The van der Waals surface area contributed by atoms with Crippen LogP contribution in [0.25, 0.3) is 10.9 Å². The molecule has 1 N–H and O–H groups in total. The number of nitrogens with zero attached hydrogens (tertiary/aromatic N) is 5. The van der Waals surface area contributed by atoms with Gasteiger partial charge in [0.25, 0.3) is 5.91 Å². The summed E-state index contributed by atoms with van der Waals surface area (Å²) in [5.41, 5.74) is 4.34. The standard InChI is InChI=1S/C30H30N6O2S/c31-18-21-5-7-24(8-6-21)34-13-15-36(16-14-34)30(38)27-20-39-29(33-27)22-9-11-35(12-10-22)28(37)17-23-19-32-26-4-2-1-3-25(23)26/h1-8,19-20,22,32H,9-17H2. The number of aromatic amines is 1. The van der Waals surface area contributed by atoms with Crippen molar-refractivity contribution >= 4 is 39.7 Å². The Hall–Kier alpha value is -4.16. The van der Waals surface area contributed by atoms with E-state index in [-0.39, 0.29) is 17.7 Å². The van der Waals surface area contributed by atoms with Crippen LogP contribution in [-0.4, -0.2) is 70.9 Å². The van der Waals surface area contributed by atoms with Gasteiger partial charge >= 0.3 is 0 Å². The minimum absolute atomic E-state index is 0.0108. The Morgan fingerprint density at radius 2 is 1.72 bits per heavy atom.